The molecule has 1 aliphatic heterocycles. The molecule has 3 rings (SSSR count). The number of piperidine rings is 1. The molecular weight excluding hydrogens is 215 g/mol. The zero-order chi connectivity index (χ0) is 11.7. The van der Waals surface area contributed by atoms with Gasteiger partial charge >= 0.3 is 0 Å². The van der Waals surface area contributed by atoms with Crippen molar-refractivity contribution in [3.05, 3.63) is 35.9 Å². The maximum atomic E-state index is 12.8. The summed E-state index contributed by atoms with van der Waals surface area (Å²) in [6, 6.07) is 3.78. The van der Waals surface area contributed by atoms with Crippen LogP contribution in [0.3, 0.4) is 0 Å². The molecule has 0 saturated carbocycles. The molecule has 1 aliphatic carbocycles. The smallest absolute Gasteiger partial charge is 0.212 e. The number of allylic oxidation sites excluding steroid dienone is 1. The van der Waals surface area contributed by atoms with Crippen LogP contribution < -0.4 is 5.32 Å². The van der Waals surface area contributed by atoms with Gasteiger partial charge < -0.3 is 5.32 Å². The molecule has 0 radical (unpaired) electrons. The molecule has 2 atom stereocenters. The molecule has 1 aromatic heterocycles. The number of hydrogen-bond donors (Lipinski definition) is 1. The average Bonchev–Trinajstić information content (AvgIpc) is 2.39. The molecule has 0 aromatic carbocycles. The number of nitrogens with one attached hydrogen (secondary N) is 1. The Morgan fingerprint density at radius 3 is 3.06 bits per heavy atom. The predicted molar refractivity (Wildman–Crippen MR) is 65.9 cm³/mol. The summed E-state index contributed by atoms with van der Waals surface area (Å²) in [5.41, 5.74) is 2.38. The second-order valence-corrected chi connectivity index (χ2v) is 4.98. The predicted octanol–water partition coefficient (Wildman–Crippen LogP) is 2.77. The van der Waals surface area contributed by atoms with E-state index < -0.39 is 5.95 Å². The number of rotatable bonds is 1. The second-order valence-electron chi connectivity index (χ2n) is 4.98. The fourth-order valence-corrected chi connectivity index (χ4v) is 2.95. The normalized spacial score (nSPS) is 28.4. The van der Waals surface area contributed by atoms with E-state index in [1.807, 2.05) is 6.07 Å². The summed E-state index contributed by atoms with van der Waals surface area (Å²) in [6.45, 7) is 1.12. The van der Waals surface area contributed by atoms with Gasteiger partial charge in [0.25, 0.3) is 0 Å². The maximum absolute atomic E-state index is 12.8. The molecule has 1 aromatic rings. The van der Waals surface area contributed by atoms with Crippen molar-refractivity contribution in [2.75, 3.05) is 6.54 Å². The van der Waals surface area contributed by atoms with Crippen LogP contribution in [0.25, 0.3) is 5.57 Å². The lowest BCUT2D eigenvalue weighted by Crippen LogP contribution is -2.41. The molecule has 3 heteroatoms. The molecule has 1 N–H and O–H groups in total. The fourth-order valence-electron chi connectivity index (χ4n) is 2.95. The monoisotopic (exact) mass is 232 g/mol. The van der Waals surface area contributed by atoms with E-state index in [1.165, 1.54) is 30.9 Å². The van der Waals surface area contributed by atoms with Crippen LogP contribution in [0.1, 0.15) is 31.2 Å². The van der Waals surface area contributed by atoms with Crippen molar-refractivity contribution in [3.63, 3.8) is 0 Å². The Bertz CT molecular complexity index is 424. The Morgan fingerprint density at radius 1 is 1.29 bits per heavy atom. The number of nitrogens with zero attached hydrogens (tertiary/aromatic N) is 1. The molecule has 0 amide bonds. The largest absolute Gasteiger partial charge is 0.310 e. The van der Waals surface area contributed by atoms with E-state index in [2.05, 4.69) is 16.4 Å². The minimum Gasteiger partial charge on any atom is -0.310 e. The Kier molecular flexibility index (Phi) is 2.93. The highest BCUT2D eigenvalue weighted by molar-refractivity contribution is 5.66. The molecule has 2 aliphatic rings. The summed E-state index contributed by atoms with van der Waals surface area (Å²) in [7, 11) is 0. The molecule has 17 heavy (non-hydrogen) atoms. The fraction of sp³-hybridized carbons (Fsp3) is 0.500. The molecule has 0 bridgehead atoms. The summed E-state index contributed by atoms with van der Waals surface area (Å²) in [4.78, 5) is 3.73. The number of fused-ring (bicyclic) bond motifs is 1. The van der Waals surface area contributed by atoms with Gasteiger partial charge in [-0.25, -0.2) is 4.98 Å². The number of aromatic nitrogens is 1. The molecule has 90 valence electrons. The van der Waals surface area contributed by atoms with E-state index >= 15 is 0 Å². The lowest BCUT2D eigenvalue weighted by molar-refractivity contribution is 0.298. The van der Waals surface area contributed by atoms with Gasteiger partial charge in [-0.2, -0.15) is 4.39 Å². The van der Waals surface area contributed by atoms with Crippen LogP contribution in [0.15, 0.2) is 24.4 Å². The SMILES string of the molecule is Fc1ccc(C2=C[C@H]3NCCC[C@H]3CC2)cn1. The van der Waals surface area contributed by atoms with E-state index in [0.717, 1.165) is 24.4 Å². The van der Waals surface area contributed by atoms with Crippen molar-refractivity contribution in [3.8, 4) is 0 Å². The minimum atomic E-state index is -0.404. The van der Waals surface area contributed by atoms with Crippen LogP contribution in [0.2, 0.25) is 0 Å². The van der Waals surface area contributed by atoms with Crippen LogP contribution in [0.4, 0.5) is 4.39 Å². The van der Waals surface area contributed by atoms with E-state index in [0.29, 0.717) is 6.04 Å². The lowest BCUT2D eigenvalue weighted by Gasteiger charge is -2.35. The first-order valence-electron chi connectivity index (χ1n) is 6.39. The van der Waals surface area contributed by atoms with Gasteiger partial charge in [-0.1, -0.05) is 6.08 Å². The first kappa shape index (κ1) is 10.9. The summed E-state index contributed by atoms with van der Waals surface area (Å²) in [6.07, 6.45) is 8.93. The molecule has 0 spiro atoms. The van der Waals surface area contributed by atoms with Crippen molar-refractivity contribution in [2.45, 2.75) is 31.7 Å². The summed E-state index contributed by atoms with van der Waals surface area (Å²) in [5, 5.41) is 3.56. The highest BCUT2D eigenvalue weighted by atomic mass is 19.1. The van der Waals surface area contributed by atoms with E-state index in [4.69, 9.17) is 0 Å². The van der Waals surface area contributed by atoms with Gasteiger partial charge in [0.05, 0.1) is 0 Å². The number of pyridine rings is 1. The third-order valence-electron chi connectivity index (χ3n) is 3.90. The lowest BCUT2D eigenvalue weighted by atomic mass is 9.79. The van der Waals surface area contributed by atoms with Gasteiger partial charge in [0, 0.05) is 12.2 Å². The Balaban J connectivity index is 1.84. The van der Waals surface area contributed by atoms with Crippen LogP contribution in [-0.2, 0) is 0 Å². The van der Waals surface area contributed by atoms with Gasteiger partial charge in [0.15, 0.2) is 0 Å². The van der Waals surface area contributed by atoms with Crippen LogP contribution in [0, 0.1) is 11.9 Å². The zero-order valence-electron chi connectivity index (χ0n) is 9.82. The van der Waals surface area contributed by atoms with Crippen molar-refractivity contribution < 1.29 is 4.39 Å². The van der Waals surface area contributed by atoms with E-state index in [-0.39, 0.29) is 0 Å². The quantitative estimate of drug-likeness (QED) is 0.753. The topological polar surface area (TPSA) is 24.9 Å². The molecule has 0 unspecified atom stereocenters. The average molecular weight is 232 g/mol. The van der Waals surface area contributed by atoms with Crippen LogP contribution in [-0.4, -0.2) is 17.6 Å². The van der Waals surface area contributed by atoms with Gasteiger partial charge in [-0.3, -0.25) is 0 Å². The molecule has 1 saturated heterocycles. The summed E-state index contributed by atoms with van der Waals surface area (Å²) >= 11 is 0. The van der Waals surface area contributed by atoms with Crippen LogP contribution >= 0.6 is 0 Å². The second kappa shape index (κ2) is 4.57. The highest BCUT2D eigenvalue weighted by Gasteiger charge is 2.27. The first-order valence-corrected chi connectivity index (χ1v) is 6.39. The zero-order valence-corrected chi connectivity index (χ0v) is 9.82. The van der Waals surface area contributed by atoms with Crippen LogP contribution in [0.5, 0.6) is 0 Å². The summed E-state index contributed by atoms with van der Waals surface area (Å²) < 4.78 is 12.8. The van der Waals surface area contributed by atoms with E-state index in [1.54, 1.807) is 6.20 Å². The first-order chi connectivity index (χ1) is 8.33. The molecule has 2 nitrogen and oxygen atoms in total. The molecular formula is C14H17FN2. The minimum absolute atomic E-state index is 0.404. The molecule has 1 fully saturated rings. The van der Waals surface area contributed by atoms with Crippen molar-refractivity contribution >= 4 is 5.57 Å². The van der Waals surface area contributed by atoms with Gasteiger partial charge in [-0.15, -0.1) is 0 Å². The Hall–Kier alpha value is -1.22. The van der Waals surface area contributed by atoms with E-state index in [9.17, 15) is 4.39 Å². The van der Waals surface area contributed by atoms with Gasteiger partial charge in [0.1, 0.15) is 0 Å². The Labute approximate surface area is 101 Å². The Morgan fingerprint density at radius 2 is 2.24 bits per heavy atom. The third-order valence-corrected chi connectivity index (χ3v) is 3.90. The maximum Gasteiger partial charge on any atom is 0.212 e. The molecule has 2 heterocycles. The third kappa shape index (κ3) is 2.25. The summed E-state index contributed by atoms with van der Waals surface area (Å²) in [5.74, 6) is 0.389. The van der Waals surface area contributed by atoms with Gasteiger partial charge in [-0.05, 0) is 61.4 Å². The number of halogens is 1. The standard InChI is InChI=1S/C14H17FN2/c15-14-6-5-12(9-17-14)11-4-3-10-2-1-7-16-13(10)8-11/h5-6,8-10,13,16H,1-4,7H2/t10-,13+/m0/s1. The van der Waals surface area contributed by atoms with Crippen molar-refractivity contribution in [2.24, 2.45) is 5.92 Å². The number of hydrogen-bond acceptors (Lipinski definition) is 2. The highest BCUT2D eigenvalue weighted by Crippen LogP contribution is 2.33. The van der Waals surface area contributed by atoms with Crippen molar-refractivity contribution in [1.29, 1.82) is 0 Å². The van der Waals surface area contributed by atoms with Gasteiger partial charge in [0.2, 0.25) is 5.95 Å². The van der Waals surface area contributed by atoms with Crippen molar-refractivity contribution in [1.82, 2.24) is 10.3 Å².